The van der Waals surface area contributed by atoms with E-state index in [1.807, 2.05) is 12.2 Å². The summed E-state index contributed by atoms with van der Waals surface area (Å²) in [5.74, 6) is 0. The largest absolute Gasteiger partial charge is 0.366 e. The van der Waals surface area contributed by atoms with Crippen LogP contribution in [0.2, 0.25) is 0 Å². The Morgan fingerprint density at radius 2 is 1.82 bits per heavy atom. The summed E-state index contributed by atoms with van der Waals surface area (Å²) in [6.07, 6.45) is 8.78. The van der Waals surface area contributed by atoms with E-state index in [0.717, 1.165) is 0 Å². The van der Waals surface area contributed by atoms with Gasteiger partial charge in [-0.3, -0.25) is 0 Å². The molecule has 0 aliphatic heterocycles. The zero-order valence-corrected chi connectivity index (χ0v) is 6.70. The van der Waals surface area contributed by atoms with Gasteiger partial charge in [-0.2, -0.15) is 0 Å². The summed E-state index contributed by atoms with van der Waals surface area (Å²) in [6, 6.07) is 0. The first-order valence-electron chi connectivity index (χ1n) is 3.49. The summed E-state index contributed by atoms with van der Waals surface area (Å²) in [5, 5.41) is 0. The molecule has 1 nitrogen and oxygen atoms in total. The number of rotatable bonds is 6. The first-order valence-corrected chi connectivity index (χ1v) is 3.49. The van der Waals surface area contributed by atoms with Crippen LogP contribution in [0.25, 0.3) is 0 Å². The lowest BCUT2D eigenvalue weighted by Gasteiger charge is -2.05. The molecule has 0 aliphatic rings. The van der Waals surface area contributed by atoms with E-state index in [1.54, 1.807) is 18.2 Å². The standard InChI is InChI=1S/C10H14O/c1-4-7-8-9-11-10(5-2)6-3/h4-8,10H,1-3,9H2/b8-7+. The Bertz CT molecular complexity index is 148. The average Bonchev–Trinajstić information content (AvgIpc) is 2.05. The highest BCUT2D eigenvalue weighted by molar-refractivity contribution is 4.99. The van der Waals surface area contributed by atoms with Crippen molar-refractivity contribution in [3.63, 3.8) is 0 Å². The molecule has 0 aliphatic carbocycles. The third-order valence-electron chi connectivity index (χ3n) is 1.12. The Morgan fingerprint density at radius 1 is 1.18 bits per heavy atom. The summed E-state index contributed by atoms with van der Waals surface area (Å²) in [5.41, 5.74) is 0. The van der Waals surface area contributed by atoms with Crippen molar-refractivity contribution in [1.82, 2.24) is 0 Å². The smallest absolute Gasteiger partial charge is 0.0936 e. The lowest BCUT2D eigenvalue weighted by atomic mass is 10.3. The van der Waals surface area contributed by atoms with Gasteiger partial charge in [0.1, 0.15) is 0 Å². The van der Waals surface area contributed by atoms with Crippen molar-refractivity contribution in [2.75, 3.05) is 6.61 Å². The molecule has 11 heavy (non-hydrogen) atoms. The summed E-state index contributed by atoms with van der Waals surface area (Å²) < 4.78 is 5.27. The molecule has 0 bridgehead atoms. The molecule has 0 radical (unpaired) electrons. The van der Waals surface area contributed by atoms with Gasteiger partial charge >= 0.3 is 0 Å². The van der Waals surface area contributed by atoms with Crippen LogP contribution in [0.5, 0.6) is 0 Å². The lowest BCUT2D eigenvalue weighted by molar-refractivity contribution is 0.143. The molecule has 1 heteroatoms. The first-order chi connectivity index (χ1) is 5.35. The minimum atomic E-state index is -0.0514. The molecular weight excluding hydrogens is 136 g/mol. The molecule has 60 valence electrons. The minimum absolute atomic E-state index is 0.0514. The van der Waals surface area contributed by atoms with Crippen LogP contribution in [-0.4, -0.2) is 12.7 Å². The fraction of sp³-hybridized carbons (Fsp3) is 0.200. The highest BCUT2D eigenvalue weighted by Crippen LogP contribution is 1.93. The maximum atomic E-state index is 5.27. The van der Waals surface area contributed by atoms with Crippen LogP contribution >= 0.6 is 0 Å². The van der Waals surface area contributed by atoms with Crippen LogP contribution in [0.1, 0.15) is 0 Å². The highest BCUT2D eigenvalue weighted by atomic mass is 16.5. The Balaban J connectivity index is 3.50. The lowest BCUT2D eigenvalue weighted by Crippen LogP contribution is -2.04. The van der Waals surface area contributed by atoms with Gasteiger partial charge in [-0.05, 0) is 0 Å². The topological polar surface area (TPSA) is 9.23 Å². The van der Waals surface area contributed by atoms with Gasteiger partial charge in [-0.15, -0.1) is 13.2 Å². The van der Waals surface area contributed by atoms with Crippen LogP contribution in [-0.2, 0) is 4.74 Å². The van der Waals surface area contributed by atoms with Gasteiger partial charge < -0.3 is 4.74 Å². The van der Waals surface area contributed by atoms with E-state index < -0.39 is 0 Å². The maximum Gasteiger partial charge on any atom is 0.0936 e. The van der Waals surface area contributed by atoms with Gasteiger partial charge in [-0.1, -0.05) is 37.0 Å². The summed E-state index contributed by atoms with van der Waals surface area (Å²) >= 11 is 0. The van der Waals surface area contributed by atoms with Crippen LogP contribution in [0, 0.1) is 0 Å². The third-order valence-corrected chi connectivity index (χ3v) is 1.12. The second-order valence-corrected chi connectivity index (χ2v) is 1.93. The molecule has 0 spiro atoms. The zero-order valence-electron chi connectivity index (χ0n) is 6.70. The number of hydrogen-bond donors (Lipinski definition) is 0. The quantitative estimate of drug-likeness (QED) is 0.417. The molecular formula is C10H14O. The molecule has 0 rings (SSSR count). The van der Waals surface area contributed by atoms with E-state index in [9.17, 15) is 0 Å². The van der Waals surface area contributed by atoms with Gasteiger partial charge in [0.05, 0.1) is 12.7 Å². The van der Waals surface area contributed by atoms with Crippen molar-refractivity contribution in [3.8, 4) is 0 Å². The third kappa shape index (κ3) is 5.37. The van der Waals surface area contributed by atoms with Crippen molar-refractivity contribution in [2.45, 2.75) is 6.10 Å². The second-order valence-electron chi connectivity index (χ2n) is 1.93. The Morgan fingerprint density at radius 3 is 2.27 bits per heavy atom. The summed E-state index contributed by atoms with van der Waals surface area (Å²) in [7, 11) is 0. The molecule has 0 heterocycles. The molecule has 0 fully saturated rings. The minimum Gasteiger partial charge on any atom is -0.366 e. The van der Waals surface area contributed by atoms with Crippen molar-refractivity contribution in [3.05, 3.63) is 50.1 Å². The molecule has 0 atom stereocenters. The summed E-state index contributed by atoms with van der Waals surface area (Å²) in [4.78, 5) is 0. The molecule has 0 unspecified atom stereocenters. The van der Waals surface area contributed by atoms with Gasteiger partial charge in [0.25, 0.3) is 0 Å². The average molecular weight is 150 g/mol. The van der Waals surface area contributed by atoms with Crippen molar-refractivity contribution in [1.29, 1.82) is 0 Å². The second kappa shape index (κ2) is 7.03. The predicted molar refractivity (Wildman–Crippen MR) is 49.5 cm³/mol. The van der Waals surface area contributed by atoms with Crippen molar-refractivity contribution >= 4 is 0 Å². The van der Waals surface area contributed by atoms with E-state index in [2.05, 4.69) is 19.7 Å². The molecule has 0 aromatic rings. The molecule has 0 saturated carbocycles. The molecule has 0 aromatic heterocycles. The van der Waals surface area contributed by atoms with Crippen LogP contribution in [0.15, 0.2) is 50.1 Å². The van der Waals surface area contributed by atoms with Crippen molar-refractivity contribution in [2.24, 2.45) is 0 Å². The predicted octanol–water partition coefficient (Wildman–Crippen LogP) is 2.49. The normalized spacial score (nSPS) is 10.3. The Hall–Kier alpha value is -1.08. The Kier molecular flexibility index (Phi) is 6.34. The Labute approximate surface area is 68.4 Å². The molecule has 0 amide bonds. The monoisotopic (exact) mass is 150 g/mol. The number of hydrogen-bond acceptors (Lipinski definition) is 1. The molecule has 0 aromatic carbocycles. The van der Waals surface area contributed by atoms with E-state index in [4.69, 9.17) is 4.74 Å². The van der Waals surface area contributed by atoms with E-state index in [0.29, 0.717) is 6.61 Å². The van der Waals surface area contributed by atoms with Crippen LogP contribution < -0.4 is 0 Å². The van der Waals surface area contributed by atoms with Crippen LogP contribution in [0.3, 0.4) is 0 Å². The molecule has 0 saturated heterocycles. The first kappa shape index (κ1) is 9.92. The fourth-order valence-electron chi connectivity index (χ4n) is 0.551. The summed E-state index contributed by atoms with van der Waals surface area (Å²) in [6.45, 7) is 11.3. The fourth-order valence-corrected chi connectivity index (χ4v) is 0.551. The van der Waals surface area contributed by atoms with E-state index >= 15 is 0 Å². The van der Waals surface area contributed by atoms with E-state index in [1.165, 1.54) is 0 Å². The zero-order chi connectivity index (χ0) is 8.53. The number of ether oxygens (including phenoxy) is 1. The maximum absolute atomic E-state index is 5.27. The van der Waals surface area contributed by atoms with Gasteiger partial charge in [0.2, 0.25) is 0 Å². The number of allylic oxidation sites excluding steroid dienone is 2. The highest BCUT2D eigenvalue weighted by Gasteiger charge is 1.93. The van der Waals surface area contributed by atoms with Crippen molar-refractivity contribution < 1.29 is 4.74 Å². The van der Waals surface area contributed by atoms with Gasteiger partial charge in [-0.25, -0.2) is 0 Å². The molecule has 0 N–H and O–H groups in total. The van der Waals surface area contributed by atoms with Gasteiger partial charge in [0, 0.05) is 0 Å². The van der Waals surface area contributed by atoms with Gasteiger partial charge in [0.15, 0.2) is 0 Å². The SMILES string of the molecule is C=C/C=C/COC(C=C)C=C. The van der Waals surface area contributed by atoms with Crippen LogP contribution in [0.4, 0.5) is 0 Å². The van der Waals surface area contributed by atoms with E-state index in [-0.39, 0.29) is 6.10 Å².